The van der Waals surface area contributed by atoms with Crippen LogP contribution < -0.4 is 5.73 Å². The van der Waals surface area contributed by atoms with Crippen molar-refractivity contribution in [1.29, 1.82) is 0 Å². The van der Waals surface area contributed by atoms with E-state index < -0.39 is 23.5 Å². The topological polar surface area (TPSA) is 26.0 Å². The number of nitrogens with two attached hydrogens (primary N) is 1. The van der Waals surface area contributed by atoms with E-state index >= 15 is 0 Å². The molecule has 1 aromatic carbocycles. The molecule has 0 spiro atoms. The van der Waals surface area contributed by atoms with Crippen molar-refractivity contribution in [3.63, 3.8) is 0 Å². The van der Waals surface area contributed by atoms with E-state index in [0.717, 1.165) is 6.07 Å². The van der Waals surface area contributed by atoms with E-state index in [-0.39, 0.29) is 5.56 Å². The van der Waals surface area contributed by atoms with Crippen molar-refractivity contribution in [2.75, 3.05) is 0 Å². The summed E-state index contributed by atoms with van der Waals surface area (Å²) in [6, 6.07) is 0.666. The standard InChI is InChI=1S/C8H8F3N/c1-4(12)6-2-5(9)3-7(10)8(6)11/h2-4H,12H2,1H3/t4-/m1/s1. The van der Waals surface area contributed by atoms with Gasteiger partial charge in [-0.2, -0.15) is 0 Å². The summed E-state index contributed by atoms with van der Waals surface area (Å²) in [7, 11) is 0. The summed E-state index contributed by atoms with van der Waals surface area (Å²) >= 11 is 0. The lowest BCUT2D eigenvalue weighted by Crippen LogP contribution is -2.09. The molecule has 0 aliphatic rings. The highest BCUT2D eigenvalue weighted by atomic mass is 19.2. The number of rotatable bonds is 1. The van der Waals surface area contributed by atoms with Gasteiger partial charge in [0.15, 0.2) is 11.6 Å². The Morgan fingerprint density at radius 2 is 1.83 bits per heavy atom. The van der Waals surface area contributed by atoms with Crippen LogP contribution in [0.5, 0.6) is 0 Å². The number of hydrogen-bond donors (Lipinski definition) is 1. The van der Waals surface area contributed by atoms with Crippen LogP contribution in [0.3, 0.4) is 0 Å². The summed E-state index contributed by atoms with van der Waals surface area (Å²) in [6.07, 6.45) is 0. The maximum absolute atomic E-state index is 12.8. The van der Waals surface area contributed by atoms with Crippen LogP contribution in [0.15, 0.2) is 12.1 Å². The molecule has 0 amide bonds. The van der Waals surface area contributed by atoms with E-state index in [2.05, 4.69) is 0 Å². The molecule has 66 valence electrons. The molecule has 1 nitrogen and oxygen atoms in total. The van der Waals surface area contributed by atoms with Gasteiger partial charge in [-0.25, -0.2) is 13.2 Å². The zero-order valence-corrected chi connectivity index (χ0v) is 6.44. The van der Waals surface area contributed by atoms with Crippen molar-refractivity contribution in [2.24, 2.45) is 5.73 Å². The molecule has 1 atom stereocenters. The Bertz CT molecular complexity index is 297. The van der Waals surface area contributed by atoms with Crippen molar-refractivity contribution < 1.29 is 13.2 Å². The molecule has 0 aliphatic carbocycles. The first-order valence-electron chi connectivity index (χ1n) is 3.42. The predicted molar refractivity (Wildman–Crippen MR) is 38.9 cm³/mol. The molecule has 0 fully saturated rings. The van der Waals surface area contributed by atoms with Gasteiger partial charge >= 0.3 is 0 Å². The third-order valence-corrected chi connectivity index (χ3v) is 1.51. The lowest BCUT2D eigenvalue weighted by molar-refractivity contribution is 0.478. The minimum Gasteiger partial charge on any atom is -0.324 e. The number of hydrogen-bond acceptors (Lipinski definition) is 1. The Hall–Kier alpha value is -1.03. The fourth-order valence-electron chi connectivity index (χ4n) is 0.907. The van der Waals surface area contributed by atoms with Gasteiger partial charge in [0.25, 0.3) is 0 Å². The Kier molecular flexibility index (Phi) is 2.38. The summed E-state index contributed by atoms with van der Waals surface area (Å²) in [5.41, 5.74) is 5.13. The Morgan fingerprint density at radius 1 is 1.25 bits per heavy atom. The van der Waals surface area contributed by atoms with Crippen molar-refractivity contribution in [3.8, 4) is 0 Å². The van der Waals surface area contributed by atoms with Gasteiger partial charge in [-0.1, -0.05) is 0 Å². The van der Waals surface area contributed by atoms with Gasteiger partial charge in [0.05, 0.1) is 0 Å². The minimum atomic E-state index is -1.21. The highest BCUT2D eigenvalue weighted by molar-refractivity contribution is 5.22. The first kappa shape index (κ1) is 9.06. The second-order valence-corrected chi connectivity index (χ2v) is 2.58. The quantitative estimate of drug-likeness (QED) is 0.650. The fourth-order valence-corrected chi connectivity index (χ4v) is 0.907. The number of halogens is 3. The van der Waals surface area contributed by atoms with E-state index in [1.807, 2.05) is 0 Å². The van der Waals surface area contributed by atoms with Gasteiger partial charge in [-0.3, -0.25) is 0 Å². The van der Waals surface area contributed by atoms with Crippen LogP contribution in [0.25, 0.3) is 0 Å². The molecule has 0 saturated heterocycles. The second kappa shape index (κ2) is 3.15. The largest absolute Gasteiger partial charge is 0.324 e. The van der Waals surface area contributed by atoms with Gasteiger partial charge in [-0.15, -0.1) is 0 Å². The van der Waals surface area contributed by atoms with Crippen LogP contribution >= 0.6 is 0 Å². The summed E-state index contributed by atoms with van der Waals surface area (Å²) in [6.45, 7) is 1.46. The smallest absolute Gasteiger partial charge is 0.163 e. The maximum Gasteiger partial charge on any atom is 0.163 e. The third kappa shape index (κ3) is 1.58. The molecule has 0 unspecified atom stereocenters. The molecule has 0 saturated carbocycles. The van der Waals surface area contributed by atoms with Crippen LogP contribution in [-0.4, -0.2) is 0 Å². The molecule has 0 radical (unpaired) electrons. The van der Waals surface area contributed by atoms with E-state index in [1.54, 1.807) is 0 Å². The normalized spacial score (nSPS) is 13.1. The van der Waals surface area contributed by atoms with Crippen molar-refractivity contribution in [3.05, 3.63) is 35.1 Å². The lowest BCUT2D eigenvalue weighted by Gasteiger charge is -2.07. The minimum absolute atomic E-state index is 0.146. The summed E-state index contributed by atoms with van der Waals surface area (Å²) in [5, 5.41) is 0. The molecule has 0 heterocycles. The van der Waals surface area contributed by atoms with Crippen molar-refractivity contribution >= 4 is 0 Å². The van der Waals surface area contributed by atoms with Crippen LogP contribution in [0.4, 0.5) is 13.2 Å². The maximum atomic E-state index is 12.8. The van der Waals surface area contributed by atoms with Crippen LogP contribution in [0.2, 0.25) is 0 Å². The van der Waals surface area contributed by atoms with Gasteiger partial charge in [0.1, 0.15) is 5.82 Å². The highest BCUT2D eigenvalue weighted by Crippen LogP contribution is 2.18. The average molecular weight is 175 g/mol. The SMILES string of the molecule is C[C@@H](N)c1cc(F)cc(F)c1F. The molecule has 1 rings (SSSR count). The van der Waals surface area contributed by atoms with E-state index in [4.69, 9.17) is 5.73 Å². The van der Waals surface area contributed by atoms with Gasteiger partial charge in [-0.05, 0) is 13.0 Å². The molecule has 12 heavy (non-hydrogen) atoms. The first-order valence-corrected chi connectivity index (χ1v) is 3.42. The summed E-state index contributed by atoms with van der Waals surface area (Å²) in [5.74, 6) is -3.10. The molecular formula is C8H8F3N. The van der Waals surface area contributed by atoms with Crippen molar-refractivity contribution in [1.82, 2.24) is 0 Å². The zero-order chi connectivity index (χ0) is 9.30. The van der Waals surface area contributed by atoms with E-state index in [9.17, 15) is 13.2 Å². The lowest BCUT2D eigenvalue weighted by atomic mass is 10.1. The van der Waals surface area contributed by atoms with E-state index in [0.29, 0.717) is 6.07 Å². The molecule has 4 heteroatoms. The Morgan fingerprint density at radius 3 is 2.33 bits per heavy atom. The molecule has 0 aliphatic heterocycles. The zero-order valence-electron chi connectivity index (χ0n) is 6.44. The highest BCUT2D eigenvalue weighted by Gasteiger charge is 2.13. The molecular weight excluding hydrogens is 167 g/mol. The van der Waals surface area contributed by atoms with E-state index in [1.165, 1.54) is 6.92 Å². The fraction of sp³-hybridized carbons (Fsp3) is 0.250. The van der Waals surface area contributed by atoms with Gasteiger partial charge in [0, 0.05) is 17.7 Å². The Balaban J connectivity index is 3.28. The Labute approximate surface area is 68.0 Å². The first-order chi connectivity index (χ1) is 5.52. The van der Waals surface area contributed by atoms with Crippen molar-refractivity contribution in [2.45, 2.75) is 13.0 Å². The molecule has 0 bridgehead atoms. The monoisotopic (exact) mass is 175 g/mol. The molecule has 0 aromatic heterocycles. The summed E-state index contributed by atoms with van der Waals surface area (Å²) < 4.78 is 37.8. The van der Waals surface area contributed by atoms with Crippen LogP contribution in [0.1, 0.15) is 18.5 Å². The van der Waals surface area contributed by atoms with Crippen LogP contribution in [0, 0.1) is 17.5 Å². The molecule has 2 N–H and O–H groups in total. The van der Waals surface area contributed by atoms with Gasteiger partial charge < -0.3 is 5.73 Å². The number of benzene rings is 1. The summed E-state index contributed by atoms with van der Waals surface area (Å²) in [4.78, 5) is 0. The van der Waals surface area contributed by atoms with Crippen LogP contribution in [-0.2, 0) is 0 Å². The second-order valence-electron chi connectivity index (χ2n) is 2.58. The third-order valence-electron chi connectivity index (χ3n) is 1.51. The average Bonchev–Trinajstić information content (AvgIpc) is 1.96. The van der Waals surface area contributed by atoms with Gasteiger partial charge in [0.2, 0.25) is 0 Å². The molecule has 1 aromatic rings. The predicted octanol–water partition coefficient (Wildman–Crippen LogP) is 2.12.